The number of carbonyl (C=O) groups is 2. The van der Waals surface area contributed by atoms with Crippen LogP contribution < -0.4 is 21.8 Å². The molecule has 0 radical (unpaired) electrons. The van der Waals surface area contributed by atoms with Crippen LogP contribution >= 0.6 is 0 Å². The van der Waals surface area contributed by atoms with Crippen LogP contribution in [0.4, 0.5) is 0 Å². The minimum absolute atomic E-state index is 0.000281. The van der Waals surface area contributed by atoms with E-state index in [0.29, 0.717) is 48.9 Å². The molecule has 8 aliphatic rings. The number of nitro groups is 1. The van der Waals surface area contributed by atoms with E-state index >= 15 is 0 Å². The molecule has 7 aliphatic carbocycles. The highest BCUT2D eigenvalue weighted by Gasteiger charge is 2.68. The van der Waals surface area contributed by atoms with Crippen LogP contribution in [0.15, 0.2) is 4.99 Å². The number of nitrogens with zero attached hydrogens (tertiary/aromatic N) is 2. The van der Waals surface area contributed by atoms with Gasteiger partial charge in [0, 0.05) is 6.54 Å². The molecule has 0 aromatic carbocycles. The van der Waals surface area contributed by atoms with Crippen LogP contribution in [0, 0.1) is 56.5 Å². The van der Waals surface area contributed by atoms with Gasteiger partial charge in [-0.15, -0.1) is 0 Å². The predicted octanol–water partition coefficient (Wildman–Crippen LogP) is 2.97. The fraction of sp³-hybridized carbons (Fsp3) is 0.903. The second kappa shape index (κ2) is 11.4. The van der Waals surface area contributed by atoms with E-state index in [0.717, 1.165) is 38.5 Å². The third-order valence-corrected chi connectivity index (χ3v) is 12.6. The molecule has 8 fully saturated rings. The normalized spacial score (nSPS) is 39.0. The van der Waals surface area contributed by atoms with E-state index in [4.69, 9.17) is 15.0 Å². The van der Waals surface area contributed by atoms with Crippen molar-refractivity contribution in [3.8, 4) is 0 Å². The molecule has 0 spiro atoms. The summed E-state index contributed by atoms with van der Waals surface area (Å²) < 4.78 is 13.3. The molecule has 1 heterocycles. The van der Waals surface area contributed by atoms with Crippen LogP contribution in [0.3, 0.4) is 0 Å². The van der Waals surface area contributed by atoms with Crippen molar-refractivity contribution in [3.05, 3.63) is 10.1 Å². The summed E-state index contributed by atoms with van der Waals surface area (Å²) in [5, 5.41) is 16.3. The molecule has 8 rings (SSSR count). The molecule has 7 saturated carbocycles. The Hall–Kier alpha value is -2.41. The van der Waals surface area contributed by atoms with Crippen LogP contribution in [0.1, 0.15) is 98.8 Å². The lowest BCUT2D eigenvalue weighted by atomic mass is 9.43. The van der Waals surface area contributed by atoms with Crippen molar-refractivity contribution in [2.75, 3.05) is 6.54 Å². The van der Waals surface area contributed by atoms with Gasteiger partial charge in [-0.2, -0.15) is 0 Å². The summed E-state index contributed by atoms with van der Waals surface area (Å²) in [6.07, 6.45) is 8.85. The first-order valence-corrected chi connectivity index (χ1v) is 16.9. The quantitative estimate of drug-likeness (QED) is 0.0649. The molecule has 2 unspecified atom stereocenters. The van der Waals surface area contributed by atoms with Crippen LogP contribution in [0.25, 0.3) is 0 Å². The predicted molar refractivity (Wildman–Crippen MR) is 165 cm³/mol. The highest BCUT2D eigenvalue weighted by molar-refractivity contribution is 6.48. The van der Waals surface area contributed by atoms with E-state index < -0.39 is 18.2 Å². The topological polar surface area (TPSA) is 170 Å². The molecule has 6 bridgehead atoms. The first kappa shape index (κ1) is 31.6. The Morgan fingerprint density at radius 3 is 2.41 bits per heavy atom. The first-order chi connectivity index (χ1) is 20.7. The first-order valence-electron chi connectivity index (χ1n) is 16.9. The Morgan fingerprint density at radius 1 is 1.07 bits per heavy atom. The van der Waals surface area contributed by atoms with Crippen molar-refractivity contribution in [2.24, 2.45) is 57.1 Å². The van der Waals surface area contributed by atoms with Gasteiger partial charge in [-0.25, -0.2) is 15.1 Å². The minimum Gasteiger partial charge on any atom is -0.404 e. The largest absolute Gasteiger partial charge is 0.481 e. The maximum atomic E-state index is 14.0. The zero-order valence-corrected chi connectivity index (χ0v) is 27.0. The molecule has 44 heavy (non-hydrogen) atoms. The average molecular weight is 615 g/mol. The van der Waals surface area contributed by atoms with Crippen molar-refractivity contribution in [1.29, 1.82) is 0 Å². The SMILES string of the molecule is CC(C)C[C@H](NC(=O)[C@H](CCCN=C(N)N[N+](=O)[O-])NC(=O)C12CC3CC(CC1C3)C2)B1O[C@@H]2C[C@H]3C[C@H](C3(C)C)[C@]2(C)O1. The average Bonchev–Trinajstić information content (AvgIpc) is 3.51. The molecule has 1 aliphatic heterocycles. The van der Waals surface area contributed by atoms with Crippen molar-refractivity contribution >= 4 is 24.9 Å². The summed E-state index contributed by atoms with van der Waals surface area (Å²) in [7, 11) is -0.555. The summed E-state index contributed by atoms with van der Waals surface area (Å²) in [5.74, 6) is 2.06. The molecule has 2 amide bonds. The maximum Gasteiger partial charge on any atom is 0.481 e. The lowest BCUT2D eigenvalue weighted by Crippen LogP contribution is -2.65. The Kier molecular flexibility index (Phi) is 8.21. The second-order valence-electron chi connectivity index (χ2n) is 16.1. The lowest BCUT2D eigenvalue weighted by Gasteiger charge is -2.64. The third-order valence-electron chi connectivity index (χ3n) is 12.6. The number of hydrogen-bond acceptors (Lipinski definition) is 7. The molecule has 0 aromatic rings. The molecule has 1 saturated heterocycles. The molecule has 8 atom stereocenters. The van der Waals surface area contributed by atoms with Crippen LogP contribution in [0.5, 0.6) is 0 Å². The van der Waals surface area contributed by atoms with E-state index in [9.17, 15) is 19.7 Å². The highest BCUT2D eigenvalue weighted by atomic mass is 16.7. The summed E-state index contributed by atoms with van der Waals surface area (Å²) in [5.41, 5.74) is 6.89. The van der Waals surface area contributed by atoms with Crippen molar-refractivity contribution in [3.63, 3.8) is 0 Å². The van der Waals surface area contributed by atoms with Gasteiger partial charge in [0.05, 0.1) is 23.1 Å². The van der Waals surface area contributed by atoms with Gasteiger partial charge < -0.3 is 25.7 Å². The van der Waals surface area contributed by atoms with Crippen LogP contribution in [-0.4, -0.2) is 60.2 Å². The van der Waals surface area contributed by atoms with E-state index in [1.807, 2.05) is 5.43 Å². The number of hydrogen-bond donors (Lipinski definition) is 4. The van der Waals surface area contributed by atoms with Gasteiger partial charge in [-0.1, -0.05) is 33.1 Å². The van der Waals surface area contributed by atoms with Crippen molar-refractivity contribution < 1.29 is 23.9 Å². The van der Waals surface area contributed by atoms with Crippen molar-refractivity contribution in [1.82, 2.24) is 16.1 Å². The van der Waals surface area contributed by atoms with Crippen molar-refractivity contribution in [2.45, 2.75) is 123 Å². The Morgan fingerprint density at radius 2 is 1.77 bits per heavy atom. The Labute approximate surface area is 261 Å². The second-order valence-corrected chi connectivity index (χ2v) is 16.1. The molecular weight excluding hydrogens is 563 g/mol. The molecule has 13 heteroatoms. The summed E-state index contributed by atoms with van der Waals surface area (Å²) >= 11 is 0. The number of carbonyl (C=O) groups excluding carboxylic acids is 2. The standard InChI is InChI=1S/C31H51BN6O6/c1-17(2)9-25(32-43-24-14-20-13-23(29(20,3)4)30(24,5)44-32)36-26(39)22(7-6-8-34-28(33)37-38(41)42)35-27(40)31-15-18-10-19(16-31)12-21(31)11-18/h17-25H,6-16H2,1-5H3,(H,35,40)(H,36,39)(H3,33,34,37)/t18?,19?,20-,21?,22+,23-,24-,25+,30+,31?/m1/s1. The Bertz CT molecular complexity index is 1180. The Balaban J connectivity index is 1.16. The number of hydrazine groups is 1. The van der Waals surface area contributed by atoms with Crippen LogP contribution in [-0.2, 0) is 18.9 Å². The van der Waals surface area contributed by atoms with E-state index in [-0.39, 0.29) is 58.7 Å². The minimum atomic E-state index is -0.768. The molecular formula is C31H51BN6O6. The summed E-state index contributed by atoms with van der Waals surface area (Å²) in [6.45, 7) is 11.3. The van der Waals surface area contributed by atoms with Gasteiger partial charge in [0.25, 0.3) is 5.96 Å². The van der Waals surface area contributed by atoms with Gasteiger partial charge in [-0.3, -0.25) is 9.59 Å². The third kappa shape index (κ3) is 5.50. The van der Waals surface area contributed by atoms with Gasteiger partial charge in [0.1, 0.15) is 6.04 Å². The number of aliphatic imine (C=N–C) groups is 1. The molecule has 5 N–H and O–H groups in total. The highest BCUT2D eigenvalue weighted by Crippen LogP contribution is 2.66. The number of nitrogens with two attached hydrogens (primary N) is 1. The summed E-state index contributed by atoms with van der Waals surface area (Å²) in [4.78, 5) is 42.7. The van der Waals surface area contributed by atoms with E-state index in [1.165, 1.54) is 6.42 Å². The maximum absolute atomic E-state index is 14.0. The molecule has 12 nitrogen and oxygen atoms in total. The van der Waals surface area contributed by atoms with Gasteiger partial charge >= 0.3 is 7.12 Å². The number of amides is 2. The zero-order valence-electron chi connectivity index (χ0n) is 27.0. The fourth-order valence-corrected chi connectivity index (χ4v) is 10.5. The zero-order chi connectivity index (χ0) is 31.6. The smallest absolute Gasteiger partial charge is 0.404 e. The fourth-order valence-electron chi connectivity index (χ4n) is 10.5. The van der Waals surface area contributed by atoms with Gasteiger partial charge in [0.2, 0.25) is 11.8 Å². The van der Waals surface area contributed by atoms with E-state index in [2.05, 4.69) is 50.2 Å². The van der Waals surface area contributed by atoms with E-state index in [1.54, 1.807) is 0 Å². The monoisotopic (exact) mass is 614 g/mol. The number of rotatable bonds is 12. The van der Waals surface area contributed by atoms with Gasteiger partial charge in [0.15, 0.2) is 5.03 Å². The molecule has 0 aromatic heterocycles. The summed E-state index contributed by atoms with van der Waals surface area (Å²) in [6, 6.07) is -0.768. The lowest BCUT2D eigenvalue weighted by molar-refractivity contribution is -0.525. The van der Waals surface area contributed by atoms with Gasteiger partial charge in [-0.05, 0) is 112 Å². The number of nitrogens with one attached hydrogen (secondary N) is 3. The van der Waals surface area contributed by atoms with Crippen LogP contribution in [0.2, 0.25) is 0 Å². The molecule has 244 valence electrons. The number of guanidine groups is 1.